The molecular formula is C23H37F3N2. The van der Waals surface area contributed by atoms with Crippen molar-refractivity contribution in [3.8, 4) is 0 Å². The van der Waals surface area contributed by atoms with Crippen molar-refractivity contribution in [1.29, 1.82) is 0 Å². The van der Waals surface area contributed by atoms with Gasteiger partial charge >= 0.3 is 0 Å². The van der Waals surface area contributed by atoms with E-state index >= 15 is 0 Å². The molecule has 0 aliphatic heterocycles. The fourth-order valence-corrected chi connectivity index (χ4v) is 2.23. The fourth-order valence-electron chi connectivity index (χ4n) is 2.23. The minimum absolute atomic E-state index is 0.00902. The first-order valence-electron chi connectivity index (χ1n) is 10.0. The maximum absolute atomic E-state index is 13.8. The lowest BCUT2D eigenvalue weighted by Crippen LogP contribution is -2.02. The zero-order chi connectivity index (χ0) is 22.1. The molecule has 0 heterocycles. The van der Waals surface area contributed by atoms with E-state index in [-0.39, 0.29) is 11.4 Å². The van der Waals surface area contributed by atoms with Crippen LogP contribution in [0.4, 0.5) is 24.5 Å². The van der Waals surface area contributed by atoms with Crippen LogP contribution in [0.15, 0.2) is 30.3 Å². The Morgan fingerprint density at radius 3 is 1.86 bits per heavy atom. The third-order valence-electron chi connectivity index (χ3n) is 3.65. The Hall–Kier alpha value is -2.01. The Bertz CT molecular complexity index is 657. The highest BCUT2D eigenvalue weighted by atomic mass is 19.2. The van der Waals surface area contributed by atoms with Crippen molar-refractivity contribution in [3.05, 3.63) is 58.9 Å². The summed E-state index contributed by atoms with van der Waals surface area (Å²) in [4.78, 5) is 0. The molecule has 0 saturated heterocycles. The Labute approximate surface area is 169 Å². The molecule has 160 valence electrons. The van der Waals surface area contributed by atoms with Gasteiger partial charge in [0.1, 0.15) is 5.82 Å². The van der Waals surface area contributed by atoms with Crippen LogP contribution in [-0.2, 0) is 6.42 Å². The van der Waals surface area contributed by atoms with Gasteiger partial charge in [-0.05, 0) is 49.7 Å². The summed E-state index contributed by atoms with van der Waals surface area (Å²) in [6.45, 7) is 12.0. The number of benzene rings is 2. The number of anilines is 2. The number of nitrogens with one attached hydrogen (secondary N) is 1. The van der Waals surface area contributed by atoms with Gasteiger partial charge in [-0.1, -0.05) is 66.0 Å². The molecule has 2 aromatic carbocycles. The van der Waals surface area contributed by atoms with Crippen molar-refractivity contribution < 1.29 is 13.2 Å². The summed E-state index contributed by atoms with van der Waals surface area (Å²) in [6.07, 6.45) is 4.60. The van der Waals surface area contributed by atoms with E-state index in [1.54, 1.807) is 13.0 Å². The molecule has 0 atom stereocenters. The van der Waals surface area contributed by atoms with E-state index in [1.807, 2.05) is 20.8 Å². The smallest absolute Gasteiger partial charge is 0.182 e. The average molecular weight is 399 g/mol. The molecule has 0 aliphatic rings. The van der Waals surface area contributed by atoms with E-state index in [2.05, 4.69) is 24.9 Å². The minimum atomic E-state index is -0.987. The van der Waals surface area contributed by atoms with Gasteiger partial charge in [-0.3, -0.25) is 0 Å². The molecular weight excluding hydrogens is 361 g/mol. The predicted octanol–water partition coefficient (Wildman–Crippen LogP) is 7.52. The molecule has 3 N–H and O–H groups in total. The third kappa shape index (κ3) is 9.79. The molecule has 0 aromatic heterocycles. The van der Waals surface area contributed by atoms with E-state index in [1.165, 1.54) is 44.5 Å². The van der Waals surface area contributed by atoms with Gasteiger partial charge < -0.3 is 11.1 Å². The number of hydrogen-bond donors (Lipinski definition) is 2. The Morgan fingerprint density at radius 1 is 0.857 bits per heavy atom. The second-order valence-corrected chi connectivity index (χ2v) is 5.71. The first-order chi connectivity index (χ1) is 13.4. The lowest BCUT2D eigenvalue weighted by molar-refractivity contribution is 0.510. The van der Waals surface area contributed by atoms with Gasteiger partial charge in [0.2, 0.25) is 0 Å². The highest BCUT2D eigenvalue weighted by Crippen LogP contribution is 2.28. The minimum Gasteiger partial charge on any atom is -0.350 e. The molecule has 5 heteroatoms. The summed E-state index contributed by atoms with van der Waals surface area (Å²) < 4.78 is 40.8. The second kappa shape index (κ2) is 17.1. The zero-order valence-electron chi connectivity index (χ0n) is 18.4. The van der Waals surface area contributed by atoms with Crippen LogP contribution in [0.3, 0.4) is 0 Å². The molecule has 2 aromatic rings. The van der Waals surface area contributed by atoms with Crippen molar-refractivity contribution in [2.45, 2.75) is 67.2 Å². The number of unbranched alkanes of at least 4 members (excludes halogenated alkanes) is 2. The summed E-state index contributed by atoms with van der Waals surface area (Å²) in [5, 5.41) is 2.64. The first-order valence-corrected chi connectivity index (χ1v) is 10.0. The largest absolute Gasteiger partial charge is 0.350 e. The van der Waals surface area contributed by atoms with Gasteiger partial charge in [0, 0.05) is 0 Å². The quantitative estimate of drug-likeness (QED) is 0.547. The van der Waals surface area contributed by atoms with Gasteiger partial charge in [-0.2, -0.15) is 0 Å². The lowest BCUT2D eigenvalue weighted by Gasteiger charge is -2.13. The third-order valence-corrected chi connectivity index (χ3v) is 3.65. The lowest BCUT2D eigenvalue weighted by atomic mass is 10.1. The number of aryl methyl sites for hydroxylation is 2. The van der Waals surface area contributed by atoms with Crippen molar-refractivity contribution >= 4 is 11.4 Å². The fraction of sp³-hybridized carbons (Fsp3) is 0.478. The van der Waals surface area contributed by atoms with E-state index in [4.69, 9.17) is 0 Å². The van der Waals surface area contributed by atoms with Crippen molar-refractivity contribution in [3.63, 3.8) is 0 Å². The second-order valence-electron chi connectivity index (χ2n) is 5.71. The molecule has 28 heavy (non-hydrogen) atoms. The maximum Gasteiger partial charge on any atom is 0.182 e. The van der Waals surface area contributed by atoms with Gasteiger partial charge in [-0.25, -0.2) is 13.2 Å². The van der Waals surface area contributed by atoms with Crippen LogP contribution in [0.5, 0.6) is 0 Å². The molecule has 0 fully saturated rings. The molecule has 0 radical (unpaired) electrons. The molecule has 0 aliphatic carbocycles. The molecule has 0 unspecified atom stereocenters. The summed E-state index contributed by atoms with van der Waals surface area (Å²) >= 11 is 0. The first kappa shape index (κ1) is 28.2. The summed E-state index contributed by atoms with van der Waals surface area (Å²) in [6, 6.07) is 7.12. The van der Waals surface area contributed by atoms with Crippen LogP contribution >= 0.6 is 0 Å². The average Bonchev–Trinajstić information content (AvgIpc) is 2.71. The summed E-state index contributed by atoms with van der Waals surface area (Å²) in [5.41, 5.74) is 5.98. The number of hydrogen-bond acceptors (Lipinski definition) is 2. The van der Waals surface area contributed by atoms with E-state index in [0.29, 0.717) is 12.0 Å². The number of rotatable bonds is 5. The molecule has 0 saturated carbocycles. The molecule has 2 nitrogen and oxygen atoms in total. The summed E-state index contributed by atoms with van der Waals surface area (Å²) in [5.74, 6) is -2.43. The number of halogens is 3. The SMILES string of the molecule is CC.CCCCC.CCc1ccc(F)c(F)c1Nc1ccc(C)cc1F.CN. The van der Waals surface area contributed by atoms with Gasteiger partial charge in [-0.15, -0.1) is 0 Å². The predicted molar refractivity (Wildman–Crippen MR) is 117 cm³/mol. The normalized spacial score (nSPS) is 9.11. The zero-order valence-corrected chi connectivity index (χ0v) is 18.4. The number of nitrogens with two attached hydrogens (primary N) is 1. The molecule has 0 bridgehead atoms. The highest BCUT2D eigenvalue weighted by Gasteiger charge is 2.14. The molecule has 2 rings (SSSR count). The van der Waals surface area contributed by atoms with Crippen LogP contribution in [0, 0.1) is 24.4 Å². The topological polar surface area (TPSA) is 38.0 Å². The molecule has 0 spiro atoms. The van der Waals surface area contributed by atoms with Gasteiger partial charge in [0.25, 0.3) is 0 Å². The summed E-state index contributed by atoms with van der Waals surface area (Å²) in [7, 11) is 1.50. The van der Waals surface area contributed by atoms with Crippen molar-refractivity contribution in [2.75, 3.05) is 12.4 Å². The van der Waals surface area contributed by atoms with Crippen molar-refractivity contribution in [1.82, 2.24) is 0 Å². The Morgan fingerprint density at radius 2 is 1.43 bits per heavy atom. The Kier molecular flexibility index (Phi) is 17.2. The van der Waals surface area contributed by atoms with Crippen LogP contribution < -0.4 is 11.1 Å². The monoisotopic (exact) mass is 398 g/mol. The highest BCUT2D eigenvalue weighted by molar-refractivity contribution is 5.64. The van der Waals surface area contributed by atoms with Gasteiger partial charge in [0.05, 0.1) is 11.4 Å². The van der Waals surface area contributed by atoms with E-state index in [0.717, 1.165) is 11.6 Å². The Balaban J connectivity index is 0. The maximum atomic E-state index is 13.8. The standard InChI is InChI=1S/C15H14F3N.C5H12.C2H6.CH5N/c1-3-10-5-6-11(16)14(18)15(10)19-13-7-4-9(2)8-12(13)17;1-3-5-4-2;2*1-2/h4-8,19H,3H2,1-2H3;3-5H2,1-2H3;1-2H3;2H2,1H3. The van der Waals surface area contributed by atoms with Gasteiger partial charge in [0.15, 0.2) is 11.6 Å². The van der Waals surface area contributed by atoms with Crippen LogP contribution in [0.1, 0.15) is 65.0 Å². The van der Waals surface area contributed by atoms with Crippen molar-refractivity contribution in [2.24, 2.45) is 5.73 Å². The van der Waals surface area contributed by atoms with Crippen LogP contribution in [-0.4, -0.2) is 7.05 Å². The molecule has 0 amide bonds. The van der Waals surface area contributed by atoms with Crippen LogP contribution in [0.25, 0.3) is 0 Å². The van der Waals surface area contributed by atoms with E-state index < -0.39 is 17.5 Å². The van der Waals surface area contributed by atoms with Crippen LogP contribution in [0.2, 0.25) is 0 Å². The van der Waals surface area contributed by atoms with E-state index in [9.17, 15) is 13.2 Å².